The highest BCUT2D eigenvalue weighted by molar-refractivity contribution is 5.84. The standard InChI is InChI=1S/C27H36FN3O2/c1-26(33)12-10-17-16(14-26)6-7-19-18(17)11-13-27(2)20(19)8-9-21(27)24(32)15-31-23-5-3-4-22(28)25(23)29-30-31/h3-5,16-21,33H,6-15H2,1-2H3. The summed E-state index contributed by atoms with van der Waals surface area (Å²) in [7, 11) is 0. The summed E-state index contributed by atoms with van der Waals surface area (Å²) in [4.78, 5) is 13.6. The molecule has 0 radical (unpaired) electrons. The molecule has 4 fully saturated rings. The van der Waals surface area contributed by atoms with E-state index in [0.29, 0.717) is 17.4 Å². The first-order valence-electron chi connectivity index (χ1n) is 13.0. The molecule has 0 amide bonds. The van der Waals surface area contributed by atoms with Crippen LogP contribution in [0.25, 0.3) is 11.0 Å². The lowest BCUT2D eigenvalue weighted by atomic mass is 9.49. The van der Waals surface area contributed by atoms with Crippen molar-refractivity contribution in [1.29, 1.82) is 0 Å². The van der Waals surface area contributed by atoms with E-state index in [4.69, 9.17) is 0 Å². The fourth-order valence-corrected chi connectivity index (χ4v) is 8.94. The number of fused-ring (bicyclic) bond motifs is 6. The van der Waals surface area contributed by atoms with Crippen molar-refractivity contribution in [3.8, 4) is 0 Å². The molecule has 4 saturated carbocycles. The van der Waals surface area contributed by atoms with Gasteiger partial charge in [0.2, 0.25) is 0 Å². The fourth-order valence-electron chi connectivity index (χ4n) is 8.94. The molecule has 8 unspecified atom stereocenters. The number of benzene rings is 1. The number of aromatic nitrogens is 3. The third kappa shape index (κ3) is 3.38. The number of ketones is 1. The maximum atomic E-state index is 14.0. The van der Waals surface area contributed by atoms with Gasteiger partial charge in [-0.2, -0.15) is 0 Å². The number of hydrogen-bond acceptors (Lipinski definition) is 4. The van der Waals surface area contributed by atoms with Crippen LogP contribution in [-0.2, 0) is 11.3 Å². The average molecular weight is 454 g/mol. The minimum absolute atomic E-state index is 0.0565. The Morgan fingerprint density at radius 1 is 1.09 bits per heavy atom. The normalized spacial score (nSPS) is 42.5. The van der Waals surface area contributed by atoms with Crippen LogP contribution in [0.15, 0.2) is 18.2 Å². The zero-order valence-electron chi connectivity index (χ0n) is 19.8. The van der Waals surface area contributed by atoms with Gasteiger partial charge in [0.25, 0.3) is 0 Å². The molecule has 2 aromatic rings. The average Bonchev–Trinajstić information content (AvgIpc) is 3.34. The predicted octanol–water partition coefficient (Wildman–Crippen LogP) is 5.16. The van der Waals surface area contributed by atoms with Gasteiger partial charge in [-0.05, 0) is 112 Å². The number of aliphatic hydroxyl groups is 1. The number of hydrogen-bond donors (Lipinski definition) is 1. The van der Waals surface area contributed by atoms with Gasteiger partial charge in [0.05, 0.1) is 11.1 Å². The van der Waals surface area contributed by atoms with Crippen molar-refractivity contribution in [3.05, 3.63) is 24.0 Å². The van der Waals surface area contributed by atoms with Crippen molar-refractivity contribution in [2.24, 2.45) is 40.9 Å². The summed E-state index contributed by atoms with van der Waals surface area (Å²) in [5.74, 6) is 3.47. The first-order chi connectivity index (χ1) is 15.8. The smallest absolute Gasteiger partial charge is 0.157 e. The number of nitrogens with zero attached hydrogens (tertiary/aromatic N) is 3. The second-order valence-corrected chi connectivity index (χ2v) is 12.2. The molecular weight excluding hydrogens is 417 g/mol. The molecule has 0 bridgehead atoms. The van der Waals surface area contributed by atoms with Crippen LogP contribution < -0.4 is 0 Å². The van der Waals surface area contributed by atoms with Crippen LogP contribution in [-0.4, -0.2) is 31.5 Å². The Kier molecular flexibility index (Phi) is 4.99. The molecule has 6 heteroatoms. The molecule has 0 spiro atoms. The molecule has 0 saturated heterocycles. The van der Waals surface area contributed by atoms with E-state index in [1.807, 2.05) is 6.92 Å². The molecule has 0 aliphatic heterocycles. The van der Waals surface area contributed by atoms with Gasteiger partial charge in [-0.15, -0.1) is 5.10 Å². The lowest BCUT2D eigenvalue weighted by Gasteiger charge is -2.56. The van der Waals surface area contributed by atoms with E-state index < -0.39 is 11.4 Å². The van der Waals surface area contributed by atoms with Crippen molar-refractivity contribution < 1.29 is 14.3 Å². The van der Waals surface area contributed by atoms with E-state index in [9.17, 15) is 14.3 Å². The van der Waals surface area contributed by atoms with Gasteiger partial charge in [-0.3, -0.25) is 4.79 Å². The Balaban J connectivity index is 1.20. The molecule has 33 heavy (non-hydrogen) atoms. The van der Waals surface area contributed by atoms with Crippen LogP contribution in [0.1, 0.15) is 71.6 Å². The van der Waals surface area contributed by atoms with E-state index in [2.05, 4.69) is 17.2 Å². The molecule has 5 nitrogen and oxygen atoms in total. The van der Waals surface area contributed by atoms with Gasteiger partial charge in [0.15, 0.2) is 11.6 Å². The van der Waals surface area contributed by atoms with Gasteiger partial charge in [-0.25, -0.2) is 9.07 Å². The Morgan fingerprint density at radius 2 is 1.91 bits per heavy atom. The number of halogens is 1. The highest BCUT2D eigenvalue weighted by atomic mass is 19.1. The maximum absolute atomic E-state index is 14.0. The second-order valence-electron chi connectivity index (χ2n) is 12.2. The second kappa shape index (κ2) is 7.59. The quantitative estimate of drug-likeness (QED) is 0.697. The molecule has 1 aromatic heterocycles. The predicted molar refractivity (Wildman–Crippen MR) is 124 cm³/mol. The Bertz CT molecular complexity index is 1080. The van der Waals surface area contributed by atoms with Crippen molar-refractivity contribution in [2.75, 3.05) is 0 Å². The van der Waals surface area contributed by atoms with Gasteiger partial charge >= 0.3 is 0 Å². The summed E-state index contributed by atoms with van der Waals surface area (Å²) in [5, 5.41) is 18.7. The Morgan fingerprint density at radius 3 is 2.76 bits per heavy atom. The van der Waals surface area contributed by atoms with Gasteiger partial charge in [0.1, 0.15) is 12.1 Å². The van der Waals surface area contributed by atoms with E-state index >= 15 is 0 Å². The monoisotopic (exact) mass is 453 g/mol. The highest BCUT2D eigenvalue weighted by Gasteiger charge is 2.58. The van der Waals surface area contributed by atoms with Crippen LogP contribution in [0.4, 0.5) is 4.39 Å². The third-order valence-corrected chi connectivity index (χ3v) is 10.4. The van der Waals surface area contributed by atoms with Gasteiger partial charge in [0, 0.05) is 5.92 Å². The van der Waals surface area contributed by atoms with Crippen LogP contribution in [0.3, 0.4) is 0 Å². The maximum Gasteiger partial charge on any atom is 0.157 e. The van der Waals surface area contributed by atoms with Crippen molar-refractivity contribution in [1.82, 2.24) is 15.0 Å². The number of carbonyl (C=O) groups excluding carboxylic acids is 1. The molecule has 4 aliphatic rings. The zero-order chi connectivity index (χ0) is 23.0. The van der Waals surface area contributed by atoms with E-state index in [0.717, 1.165) is 49.9 Å². The highest BCUT2D eigenvalue weighted by Crippen LogP contribution is 2.64. The molecule has 1 aromatic carbocycles. The van der Waals surface area contributed by atoms with E-state index in [1.54, 1.807) is 16.8 Å². The SMILES string of the molecule is CC1(O)CCC2C(CCC3C2CCC2(C)C(C(=O)Cn4nnc5c(F)cccc54)CCC32)C1. The molecule has 1 heterocycles. The van der Waals surface area contributed by atoms with Crippen LogP contribution in [0, 0.1) is 46.7 Å². The third-order valence-electron chi connectivity index (χ3n) is 10.4. The molecule has 8 atom stereocenters. The van der Waals surface area contributed by atoms with Crippen molar-refractivity contribution in [2.45, 2.75) is 83.8 Å². The summed E-state index contributed by atoms with van der Waals surface area (Å²) >= 11 is 0. The van der Waals surface area contributed by atoms with Crippen LogP contribution >= 0.6 is 0 Å². The minimum atomic E-state index is -0.476. The summed E-state index contributed by atoms with van der Waals surface area (Å²) in [6.45, 7) is 4.58. The fraction of sp³-hybridized carbons (Fsp3) is 0.741. The lowest BCUT2D eigenvalue weighted by Crippen LogP contribution is -2.51. The Hall–Kier alpha value is -1.82. The van der Waals surface area contributed by atoms with E-state index in [-0.39, 0.29) is 29.2 Å². The van der Waals surface area contributed by atoms with Crippen molar-refractivity contribution in [3.63, 3.8) is 0 Å². The van der Waals surface area contributed by atoms with E-state index in [1.165, 1.54) is 31.7 Å². The summed E-state index contributed by atoms with van der Waals surface area (Å²) < 4.78 is 15.6. The first kappa shape index (κ1) is 21.7. The van der Waals surface area contributed by atoms with Crippen LogP contribution in [0.2, 0.25) is 0 Å². The Labute approximate surface area is 195 Å². The van der Waals surface area contributed by atoms with Crippen molar-refractivity contribution >= 4 is 16.8 Å². The number of carbonyl (C=O) groups is 1. The number of Topliss-reactive ketones (excluding diaryl/α,β-unsaturated/α-hetero) is 1. The molecular formula is C27H36FN3O2. The first-order valence-corrected chi connectivity index (χ1v) is 13.0. The summed E-state index contributed by atoms with van der Waals surface area (Å²) in [6.07, 6.45) is 10.0. The van der Waals surface area contributed by atoms with Gasteiger partial charge < -0.3 is 5.11 Å². The molecule has 1 N–H and O–H groups in total. The zero-order valence-corrected chi connectivity index (χ0v) is 19.8. The topological polar surface area (TPSA) is 68.0 Å². The lowest BCUT2D eigenvalue weighted by molar-refractivity contribution is -0.133. The number of rotatable bonds is 3. The molecule has 6 rings (SSSR count). The van der Waals surface area contributed by atoms with Gasteiger partial charge in [-0.1, -0.05) is 18.2 Å². The summed E-state index contributed by atoms with van der Waals surface area (Å²) in [5.41, 5.74) is 0.423. The van der Waals surface area contributed by atoms with Crippen LogP contribution in [0.5, 0.6) is 0 Å². The largest absolute Gasteiger partial charge is 0.390 e. The summed E-state index contributed by atoms with van der Waals surface area (Å²) in [6, 6.07) is 4.82. The molecule has 178 valence electrons. The minimum Gasteiger partial charge on any atom is -0.390 e. The molecule has 4 aliphatic carbocycles.